The van der Waals surface area contributed by atoms with Crippen molar-refractivity contribution in [2.45, 2.75) is 37.8 Å². The smallest absolute Gasteiger partial charge is 0.326 e. The lowest BCUT2D eigenvalue weighted by Crippen LogP contribution is -2.51. The number of carbonyl (C=O) groups is 4. The van der Waals surface area contributed by atoms with Gasteiger partial charge in [-0.15, -0.1) is 0 Å². The van der Waals surface area contributed by atoms with Gasteiger partial charge in [0.05, 0.1) is 0 Å². The van der Waals surface area contributed by atoms with Crippen LogP contribution >= 0.6 is 12.2 Å². The molecule has 0 saturated heterocycles. The van der Waals surface area contributed by atoms with Crippen LogP contribution in [-0.2, 0) is 19.2 Å². The number of hydrogen-bond donors (Lipinski definition) is 5. The van der Waals surface area contributed by atoms with E-state index >= 15 is 0 Å². The van der Waals surface area contributed by atoms with Gasteiger partial charge in [0.15, 0.2) is 5.11 Å². The topological polar surface area (TPSA) is 153 Å². The van der Waals surface area contributed by atoms with Gasteiger partial charge in [0.1, 0.15) is 18.4 Å². The van der Waals surface area contributed by atoms with E-state index in [0.29, 0.717) is 6.29 Å². The Morgan fingerprint density at radius 1 is 1.00 bits per heavy atom. The number of carbonyl (C=O) groups excluding carboxylic acids is 1. The molecule has 0 radical (unpaired) electrons. The first-order valence-electron chi connectivity index (χ1n) is 5.96. The number of hydrogen-bond acceptors (Lipinski definition) is 5. The molecule has 118 valence electrons. The Balaban J connectivity index is 4.52. The molecule has 2 atom stereocenters. The summed E-state index contributed by atoms with van der Waals surface area (Å²) in [5, 5.41) is 30.8. The third-order valence-electron chi connectivity index (χ3n) is 2.43. The number of thiocarbonyl (C=S) groups is 1. The van der Waals surface area contributed by atoms with Crippen molar-refractivity contribution < 1.29 is 34.5 Å². The van der Waals surface area contributed by atoms with Gasteiger partial charge in [-0.05, 0) is 25.1 Å². The number of aldehydes is 1. The van der Waals surface area contributed by atoms with Crippen LogP contribution in [0.25, 0.3) is 0 Å². The van der Waals surface area contributed by atoms with Crippen LogP contribution in [0, 0.1) is 0 Å². The quantitative estimate of drug-likeness (QED) is 0.255. The molecule has 0 amide bonds. The van der Waals surface area contributed by atoms with Crippen molar-refractivity contribution in [1.29, 1.82) is 0 Å². The van der Waals surface area contributed by atoms with E-state index in [-0.39, 0.29) is 30.8 Å². The maximum atomic E-state index is 10.9. The van der Waals surface area contributed by atoms with Gasteiger partial charge in [0.2, 0.25) is 0 Å². The predicted octanol–water partition coefficient (Wildman–Crippen LogP) is -0.799. The number of rotatable bonds is 10. The standard InChI is InChI=1S/C11H16N2O7S/c14-5-1-2-6(9(17)18)12-11(21)13-7(10(19)20)3-4-8(15)16/h5-7H,1-4H2,(H,15,16)(H,17,18)(H,19,20)(H2,12,13,21)/t6-,7-/m0/s1. The maximum absolute atomic E-state index is 10.9. The van der Waals surface area contributed by atoms with Gasteiger partial charge in [0.25, 0.3) is 0 Å². The van der Waals surface area contributed by atoms with Crippen molar-refractivity contribution in [1.82, 2.24) is 10.6 Å². The minimum Gasteiger partial charge on any atom is -0.481 e. The largest absolute Gasteiger partial charge is 0.481 e. The van der Waals surface area contributed by atoms with Crippen molar-refractivity contribution in [3.8, 4) is 0 Å². The molecule has 0 heterocycles. The SMILES string of the molecule is O=CCC[C@H](NC(=S)N[C@@H](CCC(=O)O)C(=O)O)C(=O)O. The Morgan fingerprint density at radius 3 is 1.86 bits per heavy atom. The van der Waals surface area contributed by atoms with Crippen LogP contribution < -0.4 is 10.6 Å². The molecule has 0 rings (SSSR count). The second-order valence-electron chi connectivity index (χ2n) is 4.08. The van der Waals surface area contributed by atoms with Crippen molar-refractivity contribution in [3.05, 3.63) is 0 Å². The van der Waals surface area contributed by atoms with E-state index < -0.39 is 30.0 Å². The van der Waals surface area contributed by atoms with Crippen LogP contribution in [-0.4, -0.2) is 56.7 Å². The lowest BCUT2D eigenvalue weighted by molar-refractivity contribution is -0.141. The van der Waals surface area contributed by atoms with Gasteiger partial charge >= 0.3 is 17.9 Å². The average molecular weight is 320 g/mol. The molecular weight excluding hydrogens is 304 g/mol. The third-order valence-corrected chi connectivity index (χ3v) is 2.66. The zero-order valence-electron chi connectivity index (χ0n) is 10.9. The van der Waals surface area contributed by atoms with E-state index in [4.69, 9.17) is 27.5 Å². The molecule has 21 heavy (non-hydrogen) atoms. The molecule has 0 bridgehead atoms. The molecule has 0 unspecified atom stereocenters. The Kier molecular flexibility index (Phi) is 8.62. The highest BCUT2D eigenvalue weighted by Gasteiger charge is 2.22. The molecule has 0 aliphatic heterocycles. The van der Waals surface area contributed by atoms with Crippen molar-refractivity contribution in [2.24, 2.45) is 0 Å². The van der Waals surface area contributed by atoms with E-state index in [1.54, 1.807) is 0 Å². The summed E-state index contributed by atoms with van der Waals surface area (Å²) in [4.78, 5) is 42.5. The summed E-state index contributed by atoms with van der Waals surface area (Å²) < 4.78 is 0. The monoisotopic (exact) mass is 320 g/mol. The first kappa shape index (κ1) is 18.8. The maximum Gasteiger partial charge on any atom is 0.326 e. The molecular formula is C11H16N2O7S. The molecule has 9 nitrogen and oxygen atoms in total. The van der Waals surface area contributed by atoms with E-state index in [0.717, 1.165) is 0 Å². The number of nitrogens with one attached hydrogen (secondary N) is 2. The zero-order valence-corrected chi connectivity index (χ0v) is 11.8. The fraction of sp³-hybridized carbons (Fsp3) is 0.545. The summed E-state index contributed by atoms with van der Waals surface area (Å²) in [6.45, 7) is 0. The van der Waals surface area contributed by atoms with Gasteiger partial charge in [-0.3, -0.25) is 4.79 Å². The molecule has 5 N–H and O–H groups in total. The van der Waals surface area contributed by atoms with Crippen LogP contribution in [0.4, 0.5) is 0 Å². The normalized spacial score (nSPS) is 12.8. The predicted molar refractivity (Wildman–Crippen MR) is 73.9 cm³/mol. The molecule has 10 heteroatoms. The Labute approximate surface area is 125 Å². The third kappa shape index (κ3) is 8.52. The minimum absolute atomic E-state index is 0.00643. The Morgan fingerprint density at radius 2 is 1.48 bits per heavy atom. The van der Waals surface area contributed by atoms with Crippen LogP contribution in [0.1, 0.15) is 25.7 Å². The van der Waals surface area contributed by atoms with Crippen molar-refractivity contribution >= 4 is 41.5 Å². The lowest BCUT2D eigenvalue weighted by Gasteiger charge is -2.20. The van der Waals surface area contributed by atoms with E-state index in [1.165, 1.54) is 0 Å². The molecule has 0 fully saturated rings. The average Bonchev–Trinajstić information content (AvgIpc) is 2.38. The zero-order chi connectivity index (χ0) is 16.4. The first-order valence-corrected chi connectivity index (χ1v) is 6.36. The van der Waals surface area contributed by atoms with E-state index in [1.807, 2.05) is 0 Å². The molecule has 0 aliphatic carbocycles. The number of carboxylic acids is 3. The summed E-state index contributed by atoms with van der Waals surface area (Å²) >= 11 is 4.79. The van der Waals surface area contributed by atoms with Crippen molar-refractivity contribution in [3.63, 3.8) is 0 Å². The molecule has 0 spiro atoms. The van der Waals surface area contributed by atoms with Gasteiger partial charge in [-0.2, -0.15) is 0 Å². The lowest BCUT2D eigenvalue weighted by atomic mass is 10.1. The molecule has 0 aliphatic rings. The molecule has 0 aromatic heterocycles. The van der Waals surface area contributed by atoms with E-state index in [2.05, 4.69) is 10.6 Å². The second-order valence-corrected chi connectivity index (χ2v) is 4.48. The fourth-order valence-electron chi connectivity index (χ4n) is 1.38. The summed E-state index contributed by atoms with van der Waals surface area (Å²) in [7, 11) is 0. The highest BCUT2D eigenvalue weighted by Crippen LogP contribution is 2.00. The van der Waals surface area contributed by atoms with Gasteiger partial charge in [-0.25, -0.2) is 9.59 Å². The highest BCUT2D eigenvalue weighted by atomic mass is 32.1. The van der Waals surface area contributed by atoms with Crippen LogP contribution in [0.5, 0.6) is 0 Å². The fourth-order valence-corrected chi connectivity index (χ4v) is 1.66. The van der Waals surface area contributed by atoms with Crippen LogP contribution in [0.2, 0.25) is 0 Å². The highest BCUT2D eigenvalue weighted by molar-refractivity contribution is 7.80. The summed E-state index contributed by atoms with van der Waals surface area (Å²) in [6.07, 6.45) is -0.0267. The van der Waals surface area contributed by atoms with Crippen LogP contribution in [0.3, 0.4) is 0 Å². The molecule has 0 aromatic carbocycles. The molecule has 0 aromatic rings. The summed E-state index contributed by atoms with van der Waals surface area (Å²) in [5.41, 5.74) is 0. The van der Waals surface area contributed by atoms with E-state index in [9.17, 15) is 19.2 Å². The summed E-state index contributed by atoms with van der Waals surface area (Å²) in [6, 6.07) is -2.38. The number of aliphatic carboxylic acids is 3. The number of carboxylic acid groups (broad SMARTS) is 3. The second kappa shape index (κ2) is 9.64. The first-order chi connectivity index (χ1) is 9.77. The Bertz CT molecular complexity index is 427. The minimum atomic E-state index is -1.31. The van der Waals surface area contributed by atoms with Gasteiger partial charge < -0.3 is 30.7 Å². The molecule has 0 saturated carbocycles. The van der Waals surface area contributed by atoms with Crippen molar-refractivity contribution in [2.75, 3.05) is 0 Å². The van der Waals surface area contributed by atoms with Gasteiger partial charge in [-0.1, -0.05) is 0 Å². The van der Waals surface area contributed by atoms with Crippen LogP contribution in [0.15, 0.2) is 0 Å². The van der Waals surface area contributed by atoms with Gasteiger partial charge in [0, 0.05) is 12.8 Å². The Hall–Kier alpha value is -2.23. The summed E-state index contributed by atoms with van der Waals surface area (Å²) in [5.74, 6) is -3.70.